The first-order valence-electron chi connectivity index (χ1n) is 9.02. The van der Waals surface area contributed by atoms with Crippen molar-refractivity contribution in [2.24, 2.45) is 5.92 Å². The van der Waals surface area contributed by atoms with Crippen molar-refractivity contribution in [3.63, 3.8) is 0 Å². The van der Waals surface area contributed by atoms with Gasteiger partial charge in [0.15, 0.2) is 5.11 Å². The largest absolute Gasteiger partial charge is 0.332 e. The lowest BCUT2D eigenvalue weighted by molar-refractivity contribution is -0.120. The molecule has 136 valence electrons. The fraction of sp³-hybridized carbons (Fsp3) is 0.526. The maximum absolute atomic E-state index is 11.9. The highest BCUT2D eigenvalue weighted by atomic mass is 32.1. The molecular formula is C19H27N3O2S. The first kappa shape index (κ1) is 19.4. The molecule has 0 unspecified atom stereocenters. The Labute approximate surface area is 155 Å². The van der Waals surface area contributed by atoms with Gasteiger partial charge in [0.05, 0.1) is 0 Å². The number of carbonyl (C=O) groups excluding carboxylic acids is 2. The number of thiocarbonyl (C=S) groups is 1. The van der Waals surface area contributed by atoms with Crippen molar-refractivity contribution in [3.8, 4) is 0 Å². The Bertz CT molecular complexity index is 642. The number of unbranched alkanes of at least 4 members (excludes halogenated alkanes) is 3. The Morgan fingerprint density at radius 2 is 1.92 bits per heavy atom. The Balaban J connectivity index is 1.83. The van der Waals surface area contributed by atoms with Crippen LogP contribution in [0.3, 0.4) is 0 Å². The summed E-state index contributed by atoms with van der Waals surface area (Å²) in [4.78, 5) is 23.8. The quantitative estimate of drug-likeness (QED) is 0.481. The average Bonchev–Trinajstić information content (AvgIpc) is 3.39. The van der Waals surface area contributed by atoms with E-state index in [1.807, 2.05) is 25.1 Å². The van der Waals surface area contributed by atoms with Crippen molar-refractivity contribution in [1.29, 1.82) is 0 Å². The molecule has 2 amide bonds. The number of benzene rings is 1. The summed E-state index contributed by atoms with van der Waals surface area (Å²) >= 11 is 5.20. The van der Waals surface area contributed by atoms with Crippen LogP contribution in [0.2, 0.25) is 0 Å². The Hall–Kier alpha value is -1.95. The minimum absolute atomic E-state index is 0.0667. The number of anilines is 2. The van der Waals surface area contributed by atoms with Gasteiger partial charge in [-0.1, -0.05) is 32.3 Å². The molecule has 0 aliphatic heterocycles. The summed E-state index contributed by atoms with van der Waals surface area (Å²) in [5.41, 5.74) is 2.51. The number of carbonyl (C=O) groups is 2. The number of amides is 2. The first-order chi connectivity index (χ1) is 12.0. The predicted molar refractivity (Wildman–Crippen MR) is 106 cm³/mol. The fourth-order valence-electron chi connectivity index (χ4n) is 2.48. The first-order valence-corrected chi connectivity index (χ1v) is 9.42. The zero-order valence-corrected chi connectivity index (χ0v) is 15.8. The lowest BCUT2D eigenvalue weighted by atomic mass is 10.1. The van der Waals surface area contributed by atoms with Crippen molar-refractivity contribution in [1.82, 2.24) is 5.32 Å². The average molecular weight is 362 g/mol. The standard InChI is InChI=1S/C19H27N3O2S/c1-3-4-5-6-7-17(23)22-19(25)20-15-11-8-13(2)16(12-15)21-18(24)14-9-10-14/h8,11-12,14H,3-7,9-10H2,1-2H3,(H,21,24)(H2,20,22,23,25). The Morgan fingerprint density at radius 3 is 2.60 bits per heavy atom. The summed E-state index contributed by atoms with van der Waals surface area (Å²) in [6, 6.07) is 5.64. The van der Waals surface area contributed by atoms with E-state index >= 15 is 0 Å². The molecule has 0 aromatic heterocycles. The van der Waals surface area contributed by atoms with Gasteiger partial charge in [0, 0.05) is 23.7 Å². The van der Waals surface area contributed by atoms with Crippen LogP contribution in [0.15, 0.2) is 18.2 Å². The smallest absolute Gasteiger partial charge is 0.227 e. The van der Waals surface area contributed by atoms with E-state index in [1.165, 1.54) is 0 Å². The van der Waals surface area contributed by atoms with Gasteiger partial charge in [0.2, 0.25) is 11.8 Å². The third-order valence-electron chi connectivity index (χ3n) is 4.21. The molecular weight excluding hydrogens is 334 g/mol. The molecule has 1 saturated carbocycles. The second kappa shape index (κ2) is 9.51. The number of aryl methyl sites for hydroxylation is 1. The van der Waals surface area contributed by atoms with Crippen molar-refractivity contribution >= 4 is 40.5 Å². The summed E-state index contributed by atoms with van der Waals surface area (Å²) in [6.45, 7) is 4.09. The van der Waals surface area contributed by atoms with E-state index in [1.54, 1.807) is 0 Å². The van der Waals surface area contributed by atoms with E-state index in [0.717, 1.165) is 55.5 Å². The summed E-state index contributed by atoms with van der Waals surface area (Å²) in [5.74, 6) is 0.162. The molecule has 1 aromatic carbocycles. The molecule has 1 aromatic rings. The lowest BCUT2D eigenvalue weighted by Crippen LogP contribution is -2.33. The second-order valence-corrected chi connectivity index (χ2v) is 7.01. The molecule has 0 spiro atoms. The van der Waals surface area contributed by atoms with E-state index in [-0.39, 0.29) is 22.8 Å². The van der Waals surface area contributed by atoms with Gasteiger partial charge in [0.1, 0.15) is 0 Å². The monoisotopic (exact) mass is 361 g/mol. The summed E-state index contributed by atoms with van der Waals surface area (Å²) in [7, 11) is 0. The lowest BCUT2D eigenvalue weighted by Gasteiger charge is -2.13. The summed E-state index contributed by atoms with van der Waals surface area (Å²) < 4.78 is 0. The van der Waals surface area contributed by atoms with Gasteiger partial charge in [-0.3, -0.25) is 9.59 Å². The second-order valence-electron chi connectivity index (χ2n) is 6.61. The minimum atomic E-state index is -0.0667. The minimum Gasteiger partial charge on any atom is -0.332 e. The van der Waals surface area contributed by atoms with Crippen LogP contribution in [0.1, 0.15) is 57.4 Å². The maximum Gasteiger partial charge on any atom is 0.227 e. The topological polar surface area (TPSA) is 70.2 Å². The number of nitrogens with one attached hydrogen (secondary N) is 3. The molecule has 0 atom stereocenters. The van der Waals surface area contributed by atoms with Crippen LogP contribution in [-0.2, 0) is 9.59 Å². The van der Waals surface area contributed by atoms with Gasteiger partial charge in [-0.15, -0.1) is 0 Å². The van der Waals surface area contributed by atoms with Gasteiger partial charge in [-0.05, 0) is 56.1 Å². The molecule has 25 heavy (non-hydrogen) atoms. The zero-order valence-electron chi connectivity index (χ0n) is 15.0. The van der Waals surface area contributed by atoms with Crippen molar-refractivity contribution in [2.45, 2.75) is 58.8 Å². The van der Waals surface area contributed by atoms with E-state index in [2.05, 4.69) is 22.9 Å². The van der Waals surface area contributed by atoms with Gasteiger partial charge < -0.3 is 16.0 Å². The Kier molecular flexibility index (Phi) is 7.37. The fourth-order valence-corrected chi connectivity index (χ4v) is 2.71. The van der Waals surface area contributed by atoms with Crippen LogP contribution < -0.4 is 16.0 Å². The van der Waals surface area contributed by atoms with Crippen LogP contribution in [0, 0.1) is 12.8 Å². The van der Waals surface area contributed by atoms with Crippen LogP contribution in [0.5, 0.6) is 0 Å². The molecule has 0 bridgehead atoms. The third-order valence-corrected chi connectivity index (χ3v) is 4.42. The molecule has 5 nitrogen and oxygen atoms in total. The molecule has 1 aliphatic carbocycles. The highest BCUT2D eigenvalue weighted by Crippen LogP contribution is 2.31. The van der Waals surface area contributed by atoms with E-state index in [9.17, 15) is 9.59 Å². The highest BCUT2D eigenvalue weighted by molar-refractivity contribution is 7.80. The molecule has 3 N–H and O–H groups in total. The predicted octanol–water partition coefficient (Wildman–Crippen LogP) is 4.13. The maximum atomic E-state index is 11.9. The van der Waals surface area contributed by atoms with Crippen LogP contribution in [-0.4, -0.2) is 16.9 Å². The molecule has 0 heterocycles. The van der Waals surface area contributed by atoms with E-state index in [4.69, 9.17) is 12.2 Å². The number of hydrogen-bond acceptors (Lipinski definition) is 3. The molecule has 0 radical (unpaired) electrons. The van der Waals surface area contributed by atoms with Gasteiger partial charge in [-0.25, -0.2) is 0 Å². The third kappa shape index (κ3) is 6.82. The van der Waals surface area contributed by atoms with Gasteiger partial charge in [-0.2, -0.15) is 0 Å². The SMILES string of the molecule is CCCCCCC(=O)NC(=S)Nc1ccc(C)c(NC(=O)C2CC2)c1. The van der Waals surface area contributed by atoms with E-state index < -0.39 is 0 Å². The van der Waals surface area contributed by atoms with Crippen molar-refractivity contribution in [2.75, 3.05) is 10.6 Å². The molecule has 2 rings (SSSR count). The normalized spacial score (nSPS) is 13.2. The van der Waals surface area contributed by atoms with E-state index in [0.29, 0.717) is 6.42 Å². The molecule has 6 heteroatoms. The van der Waals surface area contributed by atoms with Crippen LogP contribution >= 0.6 is 12.2 Å². The highest BCUT2D eigenvalue weighted by Gasteiger charge is 2.29. The van der Waals surface area contributed by atoms with Crippen LogP contribution in [0.25, 0.3) is 0 Å². The number of rotatable bonds is 8. The molecule has 1 fully saturated rings. The van der Waals surface area contributed by atoms with Crippen LogP contribution in [0.4, 0.5) is 11.4 Å². The number of hydrogen-bond donors (Lipinski definition) is 3. The van der Waals surface area contributed by atoms with Gasteiger partial charge in [0.25, 0.3) is 0 Å². The van der Waals surface area contributed by atoms with Crippen molar-refractivity contribution < 1.29 is 9.59 Å². The van der Waals surface area contributed by atoms with Crippen molar-refractivity contribution in [3.05, 3.63) is 23.8 Å². The Morgan fingerprint density at radius 1 is 1.16 bits per heavy atom. The van der Waals surface area contributed by atoms with Gasteiger partial charge >= 0.3 is 0 Å². The molecule has 0 saturated heterocycles. The zero-order chi connectivity index (χ0) is 18.2. The molecule has 1 aliphatic rings. The summed E-state index contributed by atoms with van der Waals surface area (Å²) in [5, 5.41) is 8.95. The summed E-state index contributed by atoms with van der Waals surface area (Å²) in [6.07, 6.45) is 6.66.